The van der Waals surface area contributed by atoms with Crippen molar-refractivity contribution in [1.29, 1.82) is 0 Å². The van der Waals surface area contributed by atoms with Gasteiger partial charge in [-0.3, -0.25) is 0 Å². The second-order valence-electron chi connectivity index (χ2n) is 6.34. The van der Waals surface area contributed by atoms with Crippen molar-refractivity contribution in [3.63, 3.8) is 0 Å². The molecule has 3 heteroatoms. The summed E-state index contributed by atoms with van der Waals surface area (Å²) >= 11 is 0. The Morgan fingerprint density at radius 1 is 1.09 bits per heavy atom. The maximum absolute atomic E-state index is 14.1. The Labute approximate surface area is 138 Å². The molecule has 1 fully saturated rings. The van der Waals surface area contributed by atoms with Crippen LogP contribution in [0.25, 0.3) is 0 Å². The molecule has 0 N–H and O–H groups in total. The van der Waals surface area contributed by atoms with E-state index in [1.807, 2.05) is 6.92 Å². The fourth-order valence-electron chi connectivity index (χ4n) is 2.96. The molecule has 23 heavy (non-hydrogen) atoms. The molecule has 1 saturated carbocycles. The Kier molecular flexibility index (Phi) is 6.89. The van der Waals surface area contributed by atoms with E-state index in [9.17, 15) is 8.78 Å². The van der Waals surface area contributed by atoms with Gasteiger partial charge in [0.25, 0.3) is 0 Å². The lowest BCUT2D eigenvalue weighted by Gasteiger charge is -2.24. The number of hydrogen-bond acceptors (Lipinski definition) is 1. The Morgan fingerprint density at radius 3 is 2.48 bits per heavy atom. The number of halogens is 2. The highest BCUT2D eigenvalue weighted by molar-refractivity contribution is 5.41. The molecule has 0 heterocycles. The quantitative estimate of drug-likeness (QED) is 0.498. The van der Waals surface area contributed by atoms with Gasteiger partial charge in [0.05, 0.1) is 12.2 Å². The lowest BCUT2D eigenvalue weighted by atomic mass is 9.81. The van der Waals surface area contributed by atoms with Gasteiger partial charge in [-0.05, 0) is 50.2 Å². The molecule has 1 aromatic carbocycles. The fourth-order valence-corrected chi connectivity index (χ4v) is 2.96. The highest BCUT2D eigenvalue weighted by Crippen LogP contribution is 2.30. The molecule has 0 unspecified atom stereocenters. The van der Waals surface area contributed by atoms with Crippen LogP contribution in [-0.4, -0.2) is 6.61 Å². The monoisotopic (exact) mass is 320 g/mol. The first-order chi connectivity index (χ1) is 11.2. The van der Waals surface area contributed by atoms with Gasteiger partial charge in [-0.2, -0.15) is 4.39 Å². The van der Waals surface area contributed by atoms with Gasteiger partial charge in [0.15, 0.2) is 11.6 Å². The SMILES string of the molecule is CCCCOc1ccc(C#C[C@H]2CC[C@H](CC)CC2)c(F)c1F. The van der Waals surface area contributed by atoms with Gasteiger partial charge in [-0.1, -0.05) is 38.5 Å². The average molecular weight is 320 g/mol. The van der Waals surface area contributed by atoms with E-state index in [1.54, 1.807) is 0 Å². The van der Waals surface area contributed by atoms with Gasteiger partial charge in [0, 0.05) is 5.92 Å². The van der Waals surface area contributed by atoms with E-state index in [4.69, 9.17) is 4.74 Å². The summed E-state index contributed by atoms with van der Waals surface area (Å²) in [6, 6.07) is 3.00. The van der Waals surface area contributed by atoms with Crippen molar-refractivity contribution in [2.45, 2.75) is 58.8 Å². The van der Waals surface area contributed by atoms with E-state index >= 15 is 0 Å². The smallest absolute Gasteiger partial charge is 0.201 e. The molecule has 1 nitrogen and oxygen atoms in total. The van der Waals surface area contributed by atoms with E-state index in [2.05, 4.69) is 18.8 Å². The zero-order chi connectivity index (χ0) is 16.7. The van der Waals surface area contributed by atoms with Gasteiger partial charge in [-0.25, -0.2) is 4.39 Å². The molecule has 1 aliphatic carbocycles. The minimum atomic E-state index is -0.928. The summed E-state index contributed by atoms with van der Waals surface area (Å²) in [4.78, 5) is 0. The summed E-state index contributed by atoms with van der Waals surface area (Å²) < 4.78 is 33.3. The molecular weight excluding hydrogens is 294 g/mol. The van der Waals surface area contributed by atoms with Crippen LogP contribution < -0.4 is 4.74 Å². The third kappa shape index (κ3) is 4.96. The maximum atomic E-state index is 14.1. The van der Waals surface area contributed by atoms with E-state index in [1.165, 1.54) is 31.4 Å². The molecule has 0 aromatic heterocycles. The van der Waals surface area contributed by atoms with Crippen LogP contribution in [-0.2, 0) is 0 Å². The number of ether oxygens (including phenoxy) is 1. The predicted octanol–water partition coefficient (Wildman–Crippen LogP) is 5.71. The molecule has 2 rings (SSSR count). The number of benzene rings is 1. The van der Waals surface area contributed by atoms with Crippen molar-refractivity contribution in [3.05, 3.63) is 29.3 Å². The second kappa shape index (κ2) is 8.91. The molecule has 1 aromatic rings. The molecule has 1 aliphatic rings. The third-order valence-electron chi connectivity index (χ3n) is 4.64. The molecule has 0 amide bonds. The van der Waals surface area contributed by atoms with Crippen LogP contribution in [0.15, 0.2) is 12.1 Å². The Morgan fingerprint density at radius 2 is 1.83 bits per heavy atom. The van der Waals surface area contributed by atoms with Gasteiger partial charge in [0.1, 0.15) is 0 Å². The first-order valence-corrected chi connectivity index (χ1v) is 8.78. The summed E-state index contributed by atoms with van der Waals surface area (Å²) in [5, 5.41) is 0. The summed E-state index contributed by atoms with van der Waals surface area (Å²) in [7, 11) is 0. The van der Waals surface area contributed by atoms with E-state index in [0.717, 1.165) is 31.6 Å². The first-order valence-electron chi connectivity index (χ1n) is 8.78. The third-order valence-corrected chi connectivity index (χ3v) is 4.64. The van der Waals surface area contributed by atoms with Crippen molar-refractivity contribution < 1.29 is 13.5 Å². The van der Waals surface area contributed by atoms with Crippen LogP contribution in [0.1, 0.15) is 64.4 Å². The molecule has 0 atom stereocenters. The van der Waals surface area contributed by atoms with Gasteiger partial charge >= 0.3 is 0 Å². The highest BCUT2D eigenvalue weighted by atomic mass is 19.2. The zero-order valence-corrected chi connectivity index (χ0v) is 14.1. The van der Waals surface area contributed by atoms with Gasteiger partial charge < -0.3 is 4.74 Å². The maximum Gasteiger partial charge on any atom is 0.201 e. The molecule has 0 aliphatic heterocycles. The molecular formula is C20H26F2O. The zero-order valence-electron chi connectivity index (χ0n) is 14.1. The first kappa shape index (κ1) is 17.8. The fraction of sp³-hybridized carbons (Fsp3) is 0.600. The molecule has 126 valence electrons. The molecule has 0 saturated heterocycles. The van der Waals surface area contributed by atoms with Crippen molar-refractivity contribution in [1.82, 2.24) is 0 Å². The van der Waals surface area contributed by atoms with Crippen LogP contribution >= 0.6 is 0 Å². The van der Waals surface area contributed by atoms with E-state index in [0.29, 0.717) is 12.5 Å². The minimum Gasteiger partial charge on any atom is -0.490 e. The summed E-state index contributed by atoms with van der Waals surface area (Å²) in [5.74, 6) is 5.22. The van der Waals surface area contributed by atoms with Crippen molar-refractivity contribution in [3.8, 4) is 17.6 Å². The second-order valence-corrected chi connectivity index (χ2v) is 6.34. The van der Waals surface area contributed by atoms with Crippen LogP contribution in [0.3, 0.4) is 0 Å². The summed E-state index contributed by atoms with van der Waals surface area (Å²) in [5.41, 5.74) is 0.128. The number of unbranched alkanes of at least 4 members (excludes halogenated alkanes) is 1. The topological polar surface area (TPSA) is 9.23 Å². The van der Waals surface area contributed by atoms with Crippen molar-refractivity contribution >= 4 is 0 Å². The molecule has 0 bridgehead atoms. The van der Waals surface area contributed by atoms with Crippen LogP contribution in [0.5, 0.6) is 5.75 Å². The van der Waals surface area contributed by atoms with Crippen LogP contribution in [0.4, 0.5) is 8.78 Å². The largest absolute Gasteiger partial charge is 0.490 e. The summed E-state index contributed by atoms with van der Waals surface area (Å²) in [6.07, 6.45) is 7.51. The molecule has 0 radical (unpaired) electrons. The van der Waals surface area contributed by atoms with Crippen LogP contribution in [0, 0.1) is 35.3 Å². The lowest BCUT2D eigenvalue weighted by Crippen LogP contribution is -2.12. The Bertz CT molecular complexity index is 563. The standard InChI is InChI=1S/C20H26F2O/c1-3-5-14-23-18-13-12-17(19(21)20(18)22)11-10-16-8-6-15(4-2)7-9-16/h12-13,15-16H,3-9,14H2,1-2H3/t15-,16-. The Hall–Kier alpha value is -1.56. The number of hydrogen-bond donors (Lipinski definition) is 0. The van der Waals surface area contributed by atoms with E-state index < -0.39 is 11.6 Å². The van der Waals surface area contributed by atoms with Crippen LogP contribution in [0.2, 0.25) is 0 Å². The normalized spacial score (nSPS) is 20.7. The minimum absolute atomic E-state index is 0.0232. The Balaban J connectivity index is 2.01. The van der Waals surface area contributed by atoms with Crippen molar-refractivity contribution in [2.24, 2.45) is 11.8 Å². The predicted molar refractivity (Wildman–Crippen MR) is 89.4 cm³/mol. The van der Waals surface area contributed by atoms with Crippen molar-refractivity contribution in [2.75, 3.05) is 6.61 Å². The number of rotatable bonds is 5. The van der Waals surface area contributed by atoms with Gasteiger partial charge in [0.2, 0.25) is 5.82 Å². The molecule has 0 spiro atoms. The average Bonchev–Trinajstić information content (AvgIpc) is 2.58. The highest BCUT2D eigenvalue weighted by Gasteiger charge is 2.18. The lowest BCUT2D eigenvalue weighted by molar-refractivity contribution is 0.288. The summed E-state index contributed by atoms with van der Waals surface area (Å²) in [6.45, 7) is 4.64. The van der Waals surface area contributed by atoms with E-state index in [-0.39, 0.29) is 11.3 Å². The van der Waals surface area contributed by atoms with Gasteiger partial charge in [-0.15, -0.1) is 0 Å².